The van der Waals surface area contributed by atoms with Crippen LogP contribution in [0.1, 0.15) is 10.4 Å². The van der Waals surface area contributed by atoms with Crippen molar-refractivity contribution in [1.29, 1.82) is 0 Å². The Labute approximate surface area is 135 Å². The molecule has 2 aromatic carbocycles. The number of aromatic nitrogens is 1. The molecule has 3 rings (SSSR count). The van der Waals surface area contributed by atoms with Crippen molar-refractivity contribution in [2.45, 2.75) is 0 Å². The maximum atomic E-state index is 12.4. The first-order valence-corrected chi connectivity index (χ1v) is 7.57. The second-order valence-electron chi connectivity index (χ2n) is 4.53. The highest BCUT2D eigenvalue weighted by molar-refractivity contribution is 7.22. The molecule has 0 saturated heterocycles. The lowest BCUT2D eigenvalue weighted by Gasteiger charge is -2.10. The lowest BCUT2D eigenvalue weighted by Crippen LogP contribution is -2.12. The molecule has 3 aromatic rings. The molecule has 0 bridgehead atoms. The quantitative estimate of drug-likeness (QED) is 0.764. The molecule has 1 aromatic heterocycles. The molecule has 22 heavy (non-hydrogen) atoms. The van der Waals surface area contributed by atoms with Crippen molar-refractivity contribution in [3.63, 3.8) is 0 Å². The Morgan fingerprint density at radius 2 is 2.14 bits per heavy atom. The predicted molar refractivity (Wildman–Crippen MR) is 90.0 cm³/mol. The molecule has 0 unspecified atom stereocenters. The van der Waals surface area contributed by atoms with Gasteiger partial charge in [0.05, 0.1) is 23.0 Å². The molecule has 0 atom stereocenters. The number of benzene rings is 2. The van der Waals surface area contributed by atoms with Crippen molar-refractivity contribution in [3.8, 4) is 5.75 Å². The maximum absolute atomic E-state index is 12.4. The zero-order valence-corrected chi connectivity index (χ0v) is 13.2. The van der Waals surface area contributed by atoms with Gasteiger partial charge in [-0.25, -0.2) is 4.98 Å². The standard InChI is InChI=1S/C15H12ClN3O2S/c1-21-12-5-3-9(16)7-11(12)18-14(20)8-2-4-10-13(6-8)22-15(17)19-10/h2-7H,1H3,(H2,17,19)(H,18,20). The Hall–Kier alpha value is -2.31. The molecule has 0 aliphatic heterocycles. The summed E-state index contributed by atoms with van der Waals surface area (Å²) in [4.78, 5) is 16.6. The highest BCUT2D eigenvalue weighted by Crippen LogP contribution is 2.29. The Morgan fingerprint density at radius 3 is 2.91 bits per heavy atom. The van der Waals surface area contributed by atoms with Crippen molar-refractivity contribution >= 4 is 49.9 Å². The number of halogens is 1. The summed E-state index contributed by atoms with van der Waals surface area (Å²) in [6, 6.07) is 10.3. The Balaban J connectivity index is 1.91. The Kier molecular flexibility index (Phi) is 3.87. The topological polar surface area (TPSA) is 77.2 Å². The van der Waals surface area contributed by atoms with Crippen molar-refractivity contribution in [1.82, 2.24) is 4.98 Å². The SMILES string of the molecule is COc1ccc(Cl)cc1NC(=O)c1ccc2nc(N)sc2c1. The van der Waals surface area contributed by atoms with Gasteiger partial charge in [-0.05, 0) is 36.4 Å². The van der Waals surface area contributed by atoms with Gasteiger partial charge in [-0.3, -0.25) is 4.79 Å². The summed E-state index contributed by atoms with van der Waals surface area (Å²) in [7, 11) is 1.53. The van der Waals surface area contributed by atoms with E-state index in [-0.39, 0.29) is 5.91 Å². The number of thiazole rings is 1. The fourth-order valence-electron chi connectivity index (χ4n) is 2.06. The van der Waals surface area contributed by atoms with Crippen LogP contribution in [0, 0.1) is 0 Å². The van der Waals surface area contributed by atoms with Crippen LogP contribution in [0.5, 0.6) is 5.75 Å². The van der Waals surface area contributed by atoms with E-state index in [9.17, 15) is 4.79 Å². The largest absolute Gasteiger partial charge is 0.495 e. The smallest absolute Gasteiger partial charge is 0.255 e. The summed E-state index contributed by atoms with van der Waals surface area (Å²) < 4.78 is 6.08. The number of carbonyl (C=O) groups is 1. The second-order valence-corrected chi connectivity index (χ2v) is 6.03. The number of methoxy groups -OCH3 is 1. The molecule has 0 aliphatic carbocycles. The van der Waals surface area contributed by atoms with E-state index in [2.05, 4.69) is 10.3 Å². The first-order chi connectivity index (χ1) is 10.6. The molecule has 0 spiro atoms. The van der Waals surface area contributed by atoms with E-state index in [1.54, 1.807) is 36.4 Å². The van der Waals surface area contributed by atoms with Crippen molar-refractivity contribution in [3.05, 3.63) is 47.0 Å². The molecule has 5 nitrogen and oxygen atoms in total. The van der Waals surface area contributed by atoms with Gasteiger partial charge in [-0.2, -0.15) is 0 Å². The third-order valence-corrected chi connectivity index (χ3v) is 4.16. The third kappa shape index (κ3) is 2.84. The number of hydrogen-bond donors (Lipinski definition) is 2. The van der Waals surface area contributed by atoms with Crippen molar-refractivity contribution in [2.75, 3.05) is 18.2 Å². The van der Waals surface area contributed by atoms with Gasteiger partial charge in [0.25, 0.3) is 5.91 Å². The number of hydrogen-bond acceptors (Lipinski definition) is 5. The number of amides is 1. The van der Waals surface area contributed by atoms with Gasteiger partial charge < -0.3 is 15.8 Å². The monoisotopic (exact) mass is 333 g/mol. The third-order valence-electron chi connectivity index (χ3n) is 3.08. The summed E-state index contributed by atoms with van der Waals surface area (Å²) >= 11 is 7.30. The molecule has 1 heterocycles. The highest BCUT2D eigenvalue weighted by atomic mass is 35.5. The minimum Gasteiger partial charge on any atom is -0.495 e. The number of nitrogens with zero attached hydrogens (tertiary/aromatic N) is 1. The fourth-order valence-corrected chi connectivity index (χ4v) is 3.00. The Morgan fingerprint density at radius 1 is 1.32 bits per heavy atom. The summed E-state index contributed by atoms with van der Waals surface area (Å²) in [6.07, 6.45) is 0. The Bertz CT molecular complexity index is 863. The minimum absolute atomic E-state index is 0.255. The summed E-state index contributed by atoms with van der Waals surface area (Å²) in [5.74, 6) is 0.287. The van der Waals surface area contributed by atoms with E-state index in [4.69, 9.17) is 22.1 Å². The number of anilines is 2. The van der Waals surface area contributed by atoms with Crippen LogP contribution in [-0.4, -0.2) is 18.0 Å². The van der Waals surface area contributed by atoms with E-state index >= 15 is 0 Å². The summed E-state index contributed by atoms with van der Waals surface area (Å²) in [5.41, 5.74) is 7.48. The minimum atomic E-state index is -0.255. The van der Waals surface area contributed by atoms with Gasteiger partial charge in [0, 0.05) is 10.6 Å². The van der Waals surface area contributed by atoms with Crippen LogP contribution >= 0.6 is 22.9 Å². The van der Waals surface area contributed by atoms with Gasteiger partial charge in [0.2, 0.25) is 0 Å². The van der Waals surface area contributed by atoms with Gasteiger partial charge >= 0.3 is 0 Å². The number of carbonyl (C=O) groups excluding carboxylic acids is 1. The summed E-state index contributed by atoms with van der Waals surface area (Å²) in [6.45, 7) is 0. The van der Waals surface area contributed by atoms with Gasteiger partial charge in [0.1, 0.15) is 5.75 Å². The van der Waals surface area contributed by atoms with Gasteiger partial charge in [-0.15, -0.1) is 0 Å². The average molecular weight is 334 g/mol. The summed E-state index contributed by atoms with van der Waals surface area (Å²) in [5, 5.41) is 3.79. The zero-order valence-electron chi connectivity index (χ0n) is 11.6. The fraction of sp³-hybridized carbons (Fsp3) is 0.0667. The number of ether oxygens (including phenoxy) is 1. The maximum Gasteiger partial charge on any atom is 0.255 e. The van der Waals surface area contributed by atoms with Gasteiger partial charge in [0.15, 0.2) is 5.13 Å². The molecule has 0 fully saturated rings. The number of nitrogen functional groups attached to an aromatic ring is 1. The average Bonchev–Trinajstić information content (AvgIpc) is 2.86. The number of fused-ring (bicyclic) bond motifs is 1. The van der Waals surface area contributed by atoms with E-state index in [0.717, 1.165) is 10.2 Å². The number of rotatable bonds is 3. The zero-order chi connectivity index (χ0) is 15.7. The van der Waals surface area contributed by atoms with E-state index < -0.39 is 0 Å². The van der Waals surface area contributed by atoms with E-state index in [1.807, 2.05) is 0 Å². The molecule has 3 N–H and O–H groups in total. The molecule has 112 valence electrons. The van der Waals surface area contributed by atoms with E-state index in [0.29, 0.717) is 27.2 Å². The predicted octanol–water partition coefficient (Wildman–Crippen LogP) is 3.79. The highest BCUT2D eigenvalue weighted by Gasteiger charge is 2.12. The van der Waals surface area contributed by atoms with Crippen LogP contribution in [0.3, 0.4) is 0 Å². The van der Waals surface area contributed by atoms with E-state index in [1.165, 1.54) is 18.4 Å². The lowest BCUT2D eigenvalue weighted by atomic mass is 10.2. The van der Waals surface area contributed by atoms with Crippen LogP contribution in [0.15, 0.2) is 36.4 Å². The first kappa shape index (κ1) is 14.6. The molecule has 0 radical (unpaired) electrons. The van der Waals surface area contributed by atoms with Crippen LogP contribution in [0.25, 0.3) is 10.2 Å². The molecular formula is C15H12ClN3O2S. The van der Waals surface area contributed by atoms with Crippen LogP contribution in [0.2, 0.25) is 5.02 Å². The normalized spacial score (nSPS) is 10.6. The first-order valence-electron chi connectivity index (χ1n) is 6.38. The second kappa shape index (κ2) is 5.82. The molecule has 0 saturated carbocycles. The van der Waals surface area contributed by atoms with Gasteiger partial charge in [-0.1, -0.05) is 22.9 Å². The van der Waals surface area contributed by atoms with Crippen LogP contribution in [-0.2, 0) is 0 Å². The van der Waals surface area contributed by atoms with Crippen LogP contribution < -0.4 is 15.8 Å². The molecule has 7 heteroatoms. The van der Waals surface area contributed by atoms with Crippen molar-refractivity contribution in [2.24, 2.45) is 0 Å². The molecule has 0 aliphatic rings. The molecular weight excluding hydrogens is 322 g/mol. The number of nitrogens with one attached hydrogen (secondary N) is 1. The molecule has 1 amide bonds. The van der Waals surface area contributed by atoms with Crippen molar-refractivity contribution < 1.29 is 9.53 Å². The number of nitrogens with two attached hydrogens (primary N) is 1. The van der Waals surface area contributed by atoms with Crippen LogP contribution in [0.4, 0.5) is 10.8 Å². The lowest BCUT2D eigenvalue weighted by molar-refractivity contribution is 0.102.